The number of amides is 1. The second kappa shape index (κ2) is 11.3. The minimum absolute atomic E-state index is 0.0888. The van der Waals surface area contributed by atoms with E-state index in [1.807, 2.05) is 0 Å². The lowest BCUT2D eigenvalue weighted by Crippen LogP contribution is -2.48. The molecule has 1 unspecified atom stereocenters. The molecule has 0 fully saturated rings. The van der Waals surface area contributed by atoms with E-state index in [0.717, 1.165) is 14.9 Å². The zero-order valence-electron chi connectivity index (χ0n) is 19.5. The van der Waals surface area contributed by atoms with Gasteiger partial charge in [0, 0.05) is 14.1 Å². The number of ether oxygens (including phenoxy) is 2. The zero-order valence-corrected chi connectivity index (χ0v) is 21.9. The van der Waals surface area contributed by atoms with E-state index in [1.54, 1.807) is 0 Å². The van der Waals surface area contributed by atoms with Gasteiger partial charge in [0.2, 0.25) is 26.0 Å². The number of carbonyl (C=O) groups is 1. The molecule has 2 aromatic carbocycles. The van der Waals surface area contributed by atoms with Gasteiger partial charge in [0.25, 0.3) is 0 Å². The summed E-state index contributed by atoms with van der Waals surface area (Å²) in [6.07, 6.45) is 0.998. The Morgan fingerprint density at radius 1 is 1.09 bits per heavy atom. The predicted octanol–water partition coefficient (Wildman–Crippen LogP) is 1.95. The molecule has 0 aliphatic rings. The van der Waals surface area contributed by atoms with Gasteiger partial charge >= 0.3 is 0 Å². The topological polar surface area (TPSA) is 122 Å². The van der Waals surface area contributed by atoms with Gasteiger partial charge in [0.1, 0.15) is 24.1 Å². The molecule has 0 saturated carbocycles. The lowest BCUT2D eigenvalue weighted by atomic mass is 10.2. The summed E-state index contributed by atoms with van der Waals surface area (Å²) in [7, 11) is -3.02. The first-order valence-corrected chi connectivity index (χ1v) is 13.7. The molecule has 0 heterocycles. The normalized spacial score (nSPS) is 12.8. The molecule has 0 radical (unpaired) electrons. The standard InChI is InChI=1S/C21H28ClN3O7S2/c1-15(25(33(5,27)28)16-6-11-20(31-4)19(22)14-16)21(26)23-12-13-32-17-7-9-18(10-8-17)34(29,30)24(2)3/h6-11,14-15H,12-13H2,1-5H3,(H,23,26). The van der Waals surface area contributed by atoms with E-state index in [4.69, 9.17) is 21.1 Å². The number of anilines is 1. The molecular weight excluding hydrogens is 506 g/mol. The van der Waals surface area contributed by atoms with E-state index >= 15 is 0 Å². The fourth-order valence-electron chi connectivity index (χ4n) is 3.01. The molecule has 34 heavy (non-hydrogen) atoms. The number of carbonyl (C=O) groups excluding carboxylic acids is 1. The summed E-state index contributed by atoms with van der Waals surface area (Å²) in [5.41, 5.74) is 0.222. The maximum Gasteiger partial charge on any atom is 0.243 e. The number of nitrogens with one attached hydrogen (secondary N) is 1. The molecule has 10 nitrogen and oxygen atoms in total. The smallest absolute Gasteiger partial charge is 0.243 e. The van der Waals surface area contributed by atoms with Crippen LogP contribution in [0.3, 0.4) is 0 Å². The van der Waals surface area contributed by atoms with Crippen molar-refractivity contribution >= 4 is 43.2 Å². The number of hydrogen-bond donors (Lipinski definition) is 1. The van der Waals surface area contributed by atoms with Crippen LogP contribution in [0.25, 0.3) is 0 Å². The van der Waals surface area contributed by atoms with Crippen molar-refractivity contribution in [2.24, 2.45) is 0 Å². The van der Waals surface area contributed by atoms with Crippen LogP contribution >= 0.6 is 11.6 Å². The highest BCUT2D eigenvalue weighted by Gasteiger charge is 2.29. The molecule has 1 N–H and O–H groups in total. The van der Waals surface area contributed by atoms with Crippen molar-refractivity contribution in [2.45, 2.75) is 17.9 Å². The van der Waals surface area contributed by atoms with Gasteiger partial charge in [-0.05, 0) is 49.4 Å². The highest BCUT2D eigenvalue weighted by molar-refractivity contribution is 7.92. The molecule has 2 rings (SSSR count). The lowest BCUT2D eigenvalue weighted by Gasteiger charge is -2.28. The summed E-state index contributed by atoms with van der Waals surface area (Å²) in [5, 5.41) is 2.84. The van der Waals surface area contributed by atoms with Crippen molar-refractivity contribution in [1.29, 1.82) is 0 Å². The number of sulfonamides is 2. The summed E-state index contributed by atoms with van der Waals surface area (Å²) in [6, 6.07) is 9.25. The molecule has 0 aliphatic carbocycles. The van der Waals surface area contributed by atoms with Gasteiger partial charge in [-0.2, -0.15) is 0 Å². The van der Waals surface area contributed by atoms with Gasteiger partial charge < -0.3 is 14.8 Å². The largest absolute Gasteiger partial charge is 0.495 e. The molecule has 1 atom stereocenters. The van der Waals surface area contributed by atoms with Crippen LogP contribution < -0.4 is 19.1 Å². The SMILES string of the molecule is COc1ccc(N(C(C)C(=O)NCCOc2ccc(S(=O)(=O)N(C)C)cc2)S(C)(=O)=O)cc1Cl. The van der Waals surface area contributed by atoms with Crippen molar-refractivity contribution in [3.63, 3.8) is 0 Å². The van der Waals surface area contributed by atoms with Crippen molar-refractivity contribution in [3.8, 4) is 11.5 Å². The molecule has 13 heteroatoms. The molecule has 0 spiro atoms. The van der Waals surface area contributed by atoms with Crippen LogP contribution in [0.4, 0.5) is 5.69 Å². The summed E-state index contributed by atoms with van der Waals surface area (Å²) in [5.74, 6) is 0.263. The van der Waals surface area contributed by atoms with Gasteiger partial charge in [0.15, 0.2) is 0 Å². The van der Waals surface area contributed by atoms with Crippen LogP contribution in [-0.4, -0.2) is 73.7 Å². The Kier molecular flexibility index (Phi) is 9.17. The monoisotopic (exact) mass is 533 g/mol. The average Bonchev–Trinajstić information content (AvgIpc) is 2.76. The third kappa shape index (κ3) is 6.75. The highest BCUT2D eigenvalue weighted by Crippen LogP contribution is 2.31. The maximum absolute atomic E-state index is 12.6. The zero-order chi connectivity index (χ0) is 25.7. The fraction of sp³-hybridized carbons (Fsp3) is 0.381. The number of halogens is 1. The predicted molar refractivity (Wildman–Crippen MR) is 131 cm³/mol. The third-order valence-electron chi connectivity index (χ3n) is 4.75. The number of rotatable bonds is 11. The van der Waals surface area contributed by atoms with Crippen LogP contribution in [0, 0.1) is 0 Å². The summed E-state index contributed by atoms with van der Waals surface area (Å²) in [6.45, 7) is 1.65. The molecule has 0 saturated heterocycles. The van der Waals surface area contributed by atoms with Crippen LogP contribution in [-0.2, 0) is 24.8 Å². The van der Waals surface area contributed by atoms with Gasteiger partial charge in [0.05, 0.1) is 35.5 Å². The summed E-state index contributed by atoms with van der Waals surface area (Å²) in [4.78, 5) is 12.8. The Labute approximate surface area is 205 Å². The van der Waals surface area contributed by atoms with Gasteiger partial charge in [-0.25, -0.2) is 21.1 Å². The van der Waals surface area contributed by atoms with Crippen molar-refractivity contribution in [2.75, 3.05) is 44.9 Å². The third-order valence-corrected chi connectivity index (χ3v) is 8.12. The number of nitrogens with zero attached hydrogens (tertiary/aromatic N) is 2. The maximum atomic E-state index is 12.6. The van der Waals surface area contributed by atoms with Gasteiger partial charge in [-0.15, -0.1) is 0 Å². The van der Waals surface area contributed by atoms with E-state index in [2.05, 4.69) is 5.32 Å². The molecule has 1 amide bonds. The second-order valence-corrected chi connectivity index (χ2v) is 11.9. The highest BCUT2D eigenvalue weighted by atomic mass is 35.5. The van der Waals surface area contributed by atoms with Crippen LogP contribution in [0.1, 0.15) is 6.92 Å². The molecule has 2 aromatic rings. The minimum atomic E-state index is -3.81. The Morgan fingerprint density at radius 3 is 2.21 bits per heavy atom. The Hall–Kier alpha value is -2.54. The molecule has 188 valence electrons. The van der Waals surface area contributed by atoms with E-state index in [9.17, 15) is 21.6 Å². The second-order valence-electron chi connectivity index (χ2n) is 7.45. The summed E-state index contributed by atoms with van der Waals surface area (Å²) >= 11 is 6.12. The van der Waals surface area contributed by atoms with Crippen LogP contribution in [0.2, 0.25) is 5.02 Å². The Balaban J connectivity index is 2.00. The Bertz CT molecular complexity index is 1220. The quantitative estimate of drug-likeness (QED) is 0.438. The fourth-order valence-corrected chi connectivity index (χ4v) is 5.33. The first-order valence-electron chi connectivity index (χ1n) is 10.0. The van der Waals surface area contributed by atoms with E-state index in [-0.39, 0.29) is 28.8 Å². The first kappa shape index (κ1) is 27.7. The number of methoxy groups -OCH3 is 1. The lowest BCUT2D eigenvalue weighted by molar-refractivity contribution is -0.121. The van der Waals surface area contributed by atoms with E-state index in [1.165, 1.54) is 70.6 Å². The molecule has 0 bridgehead atoms. The van der Waals surface area contributed by atoms with Crippen molar-refractivity contribution in [1.82, 2.24) is 9.62 Å². The van der Waals surface area contributed by atoms with E-state index < -0.39 is 32.0 Å². The first-order chi connectivity index (χ1) is 15.8. The minimum Gasteiger partial charge on any atom is -0.495 e. The molecular formula is C21H28ClN3O7S2. The van der Waals surface area contributed by atoms with E-state index in [0.29, 0.717) is 11.5 Å². The number of hydrogen-bond acceptors (Lipinski definition) is 7. The Morgan fingerprint density at radius 2 is 1.71 bits per heavy atom. The van der Waals surface area contributed by atoms with Gasteiger partial charge in [-0.3, -0.25) is 9.10 Å². The molecule has 0 aromatic heterocycles. The van der Waals surface area contributed by atoms with Gasteiger partial charge in [-0.1, -0.05) is 11.6 Å². The van der Waals surface area contributed by atoms with Crippen molar-refractivity contribution in [3.05, 3.63) is 47.5 Å². The van der Waals surface area contributed by atoms with Crippen LogP contribution in [0.15, 0.2) is 47.4 Å². The average molecular weight is 534 g/mol. The molecule has 0 aliphatic heterocycles. The summed E-state index contributed by atoms with van der Waals surface area (Å²) < 4.78 is 61.7. The van der Waals surface area contributed by atoms with Crippen LogP contribution in [0.5, 0.6) is 11.5 Å². The number of benzene rings is 2. The van der Waals surface area contributed by atoms with Crippen molar-refractivity contribution < 1.29 is 31.1 Å².